The molecule has 3 heteroatoms. The van der Waals surface area contributed by atoms with Crippen molar-refractivity contribution in [2.45, 2.75) is 26.7 Å². The van der Waals surface area contributed by atoms with E-state index in [1.165, 1.54) is 25.9 Å². The summed E-state index contributed by atoms with van der Waals surface area (Å²) in [4.78, 5) is 4.85. The summed E-state index contributed by atoms with van der Waals surface area (Å²) in [6.07, 6.45) is 2.74. The summed E-state index contributed by atoms with van der Waals surface area (Å²) in [6, 6.07) is 0. The van der Waals surface area contributed by atoms with Gasteiger partial charge in [0.2, 0.25) is 0 Å². The van der Waals surface area contributed by atoms with Crippen molar-refractivity contribution in [3.05, 3.63) is 0 Å². The molecule has 0 N–H and O–H groups in total. The largest absolute Gasteiger partial charge is 0.379 e. The van der Waals surface area contributed by atoms with Gasteiger partial charge in [0.25, 0.3) is 0 Å². The third-order valence-electron chi connectivity index (χ3n) is 3.04. The van der Waals surface area contributed by atoms with Crippen LogP contribution in [-0.4, -0.2) is 62.8 Å². The fourth-order valence-electron chi connectivity index (χ4n) is 2.24. The molecule has 96 valence electrons. The Morgan fingerprint density at radius 2 is 1.88 bits per heavy atom. The predicted octanol–water partition coefficient (Wildman–Crippen LogP) is 1.69. The van der Waals surface area contributed by atoms with Gasteiger partial charge in [-0.2, -0.15) is 0 Å². The Labute approximate surface area is 101 Å². The highest BCUT2D eigenvalue weighted by Gasteiger charge is 2.10. The molecule has 0 saturated carbocycles. The second kappa shape index (κ2) is 8.04. The van der Waals surface area contributed by atoms with Gasteiger partial charge in [-0.1, -0.05) is 13.8 Å². The predicted molar refractivity (Wildman–Crippen MR) is 68.8 cm³/mol. The topological polar surface area (TPSA) is 15.7 Å². The van der Waals surface area contributed by atoms with Gasteiger partial charge >= 0.3 is 0 Å². The van der Waals surface area contributed by atoms with Crippen LogP contribution in [0.1, 0.15) is 26.7 Å². The lowest BCUT2D eigenvalue weighted by molar-refractivity contribution is 0.0915. The van der Waals surface area contributed by atoms with E-state index in [1.807, 2.05) is 0 Å². The van der Waals surface area contributed by atoms with Crippen LogP contribution in [0.15, 0.2) is 0 Å². The van der Waals surface area contributed by atoms with Gasteiger partial charge in [0.05, 0.1) is 13.2 Å². The molecule has 1 heterocycles. The maximum absolute atomic E-state index is 5.66. The monoisotopic (exact) mass is 228 g/mol. The van der Waals surface area contributed by atoms with E-state index >= 15 is 0 Å². The third-order valence-corrected chi connectivity index (χ3v) is 3.04. The summed E-state index contributed by atoms with van der Waals surface area (Å²) < 4.78 is 5.66. The van der Waals surface area contributed by atoms with Crippen molar-refractivity contribution in [1.29, 1.82) is 0 Å². The highest BCUT2D eigenvalue weighted by Crippen LogP contribution is 2.05. The van der Waals surface area contributed by atoms with Gasteiger partial charge < -0.3 is 14.5 Å². The first-order valence-corrected chi connectivity index (χ1v) is 6.67. The second-order valence-corrected chi connectivity index (χ2v) is 5.32. The SMILES string of the molecule is CC(C)CN(C)CCOCCN1CCCC1. The van der Waals surface area contributed by atoms with Crippen LogP contribution in [0.4, 0.5) is 0 Å². The van der Waals surface area contributed by atoms with Crippen LogP contribution in [0.25, 0.3) is 0 Å². The van der Waals surface area contributed by atoms with Crippen molar-refractivity contribution >= 4 is 0 Å². The van der Waals surface area contributed by atoms with Gasteiger partial charge in [0, 0.05) is 19.6 Å². The van der Waals surface area contributed by atoms with Crippen LogP contribution in [0.2, 0.25) is 0 Å². The standard InChI is InChI=1S/C13H28N2O/c1-13(2)12-14(3)8-10-16-11-9-15-6-4-5-7-15/h13H,4-12H2,1-3H3. The minimum Gasteiger partial charge on any atom is -0.379 e. The minimum atomic E-state index is 0.745. The quantitative estimate of drug-likeness (QED) is 0.588. The van der Waals surface area contributed by atoms with Crippen molar-refractivity contribution in [3.63, 3.8) is 0 Å². The van der Waals surface area contributed by atoms with Gasteiger partial charge in [0.15, 0.2) is 0 Å². The van der Waals surface area contributed by atoms with Crippen molar-refractivity contribution in [3.8, 4) is 0 Å². The molecule has 1 aliphatic rings. The minimum absolute atomic E-state index is 0.745. The number of likely N-dealkylation sites (tertiary alicyclic amines) is 1. The highest BCUT2D eigenvalue weighted by molar-refractivity contribution is 4.65. The molecule has 1 saturated heterocycles. The van der Waals surface area contributed by atoms with E-state index in [9.17, 15) is 0 Å². The Bertz CT molecular complexity index is 167. The molecule has 0 aromatic rings. The molecular weight excluding hydrogens is 200 g/mol. The molecule has 3 nitrogen and oxygen atoms in total. The summed E-state index contributed by atoms with van der Waals surface area (Å²) in [5.41, 5.74) is 0. The van der Waals surface area contributed by atoms with Crippen LogP contribution in [0, 0.1) is 5.92 Å². The smallest absolute Gasteiger partial charge is 0.0594 e. The molecule has 1 fully saturated rings. The summed E-state index contributed by atoms with van der Waals surface area (Å²) in [5, 5.41) is 0. The zero-order valence-electron chi connectivity index (χ0n) is 11.2. The van der Waals surface area contributed by atoms with Crippen LogP contribution < -0.4 is 0 Å². The molecule has 0 amide bonds. The summed E-state index contributed by atoms with van der Waals surface area (Å²) in [7, 11) is 2.17. The molecule has 16 heavy (non-hydrogen) atoms. The lowest BCUT2D eigenvalue weighted by Gasteiger charge is -2.19. The highest BCUT2D eigenvalue weighted by atomic mass is 16.5. The molecule has 1 aliphatic heterocycles. The fourth-order valence-corrected chi connectivity index (χ4v) is 2.24. The average Bonchev–Trinajstić information content (AvgIpc) is 2.68. The molecule has 0 bridgehead atoms. The van der Waals surface area contributed by atoms with Gasteiger partial charge in [-0.15, -0.1) is 0 Å². The van der Waals surface area contributed by atoms with Crippen LogP contribution >= 0.6 is 0 Å². The van der Waals surface area contributed by atoms with E-state index in [-0.39, 0.29) is 0 Å². The lowest BCUT2D eigenvalue weighted by Crippen LogP contribution is -2.29. The van der Waals surface area contributed by atoms with E-state index in [1.54, 1.807) is 0 Å². The van der Waals surface area contributed by atoms with Crippen molar-refractivity contribution in [2.75, 3.05) is 53.0 Å². The molecular formula is C13H28N2O. The van der Waals surface area contributed by atoms with E-state index in [0.717, 1.165) is 38.8 Å². The summed E-state index contributed by atoms with van der Waals surface area (Å²) >= 11 is 0. The number of nitrogens with zero attached hydrogens (tertiary/aromatic N) is 2. The Morgan fingerprint density at radius 3 is 2.50 bits per heavy atom. The molecule has 0 aromatic carbocycles. The number of rotatable bonds is 8. The Kier molecular flexibility index (Phi) is 7.01. The molecule has 0 atom stereocenters. The maximum atomic E-state index is 5.66. The fraction of sp³-hybridized carbons (Fsp3) is 1.00. The van der Waals surface area contributed by atoms with Crippen molar-refractivity contribution in [2.24, 2.45) is 5.92 Å². The Balaban J connectivity index is 1.87. The number of ether oxygens (including phenoxy) is 1. The van der Waals surface area contributed by atoms with Crippen LogP contribution in [-0.2, 0) is 4.74 Å². The van der Waals surface area contributed by atoms with E-state index in [2.05, 4.69) is 30.7 Å². The van der Waals surface area contributed by atoms with Crippen molar-refractivity contribution < 1.29 is 4.74 Å². The zero-order valence-corrected chi connectivity index (χ0v) is 11.2. The summed E-state index contributed by atoms with van der Waals surface area (Å²) in [5.74, 6) is 0.745. The Hall–Kier alpha value is -0.120. The molecule has 1 rings (SSSR count). The van der Waals surface area contributed by atoms with E-state index < -0.39 is 0 Å². The molecule has 0 aromatic heterocycles. The van der Waals surface area contributed by atoms with E-state index in [4.69, 9.17) is 4.74 Å². The third kappa shape index (κ3) is 6.46. The van der Waals surface area contributed by atoms with Crippen molar-refractivity contribution in [1.82, 2.24) is 9.80 Å². The van der Waals surface area contributed by atoms with E-state index in [0.29, 0.717) is 0 Å². The zero-order chi connectivity index (χ0) is 11.8. The average molecular weight is 228 g/mol. The van der Waals surface area contributed by atoms with Crippen LogP contribution in [0.3, 0.4) is 0 Å². The van der Waals surface area contributed by atoms with Gasteiger partial charge in [-0.05, 0) is 38.9 Å². The Morgan fingerprint density at radius 1 is 1.19 bits per heavy atom. The first-order valence-electron chi connectivity index (χ1n) is 6.67. The molecule has 0 unspecified atom stereocenters. The molecule has 0 spiro atoms. The summed E-state index contributed by atoms with van der Waals surface area (Å²) in [6.45, 7) is 12.2. The number of hydrogen-bond donors (Lipinski definition) is 0. The molecule has 0 radical (unpaired) electrons. The first-order chi connectivity index (χ1) is 7.68. The lowest BCUT2D eigenvalue weighted by atomic mass is 10.2. The second-order valence-electron chi connectivity index (χ2n) is 5.32. The van der Waals surface area contributed by atoms with Gasteiger partial charge in [0.1, 0.15) is 0 Å². The molecule has 0 aliphatic carbocycles. The first kappa shape index (κ1) is 13.9. The number of likely N-dealkylation sites (N-methyl/N-ethyl adjacent to an activating group) is 1. The van der Waals surface area contributed by atoms with Gasteiger partial charge in [-0.25, -0.2) is 0 Å². The normalized spacial score (nSPS) is 17.8. The van der Waals surface area contributed by atoms with Gasteiger partial charge in [-0.3, -0.25) is 0 Å². The maximum Gasteiger partial charge on any atom is 0.0594 e. The van der Waals surface area contributed by atoms with Crippen LogP contribution in [0.5, 0.6) is 0 Å². The number of hydrogen-bond acceptors (Lipinski definition) is 3.